The van der Waals surface area contributed by atoms with Gasteiger partial charge >= 0.3 is 0 Å². The Labute approximate surface area is 188 Å². The highest BCUT2D eigenvalue weighted by Gasteiger charge is 2.12. The van der Waals surface area contributed by atoms with Crippen LogP contribution >= 0.6 is 22.6 Å². The molecule has 0 aliphatic rings. The number of hydrogen-bond acceptors (Lipinski definition) is 5. The molecule has 0 radical (unpaired) electrons. The van der Waals surface area contributed by atoms with Crippen LogP contribution in [0.1, 0.15) is 32.3 Å². The lowest BCUT2D eigenvalue weighted by molar-refractivity contribution is -0.124. The van der Waals surface area contributed by atoms with Crippen molar-refractivity contribution in [3.8, 4) is 11.5 Å². The Bertz CT molecular complexity index is 917. The third-order valence-corrected chi connectivity index (χ3v) is 4.52. The van der Waals surface area contributed by atoms with Gasteiger partial charge in [0.15, 0.2) is 11.5 Å². The maximum Gasteiger partial charge on any atom is 0.240 e. The molecule has 0 saturated heterocycles. The van der Waals surface area contributed by atoms with Crippen molar-refractivity contribution in [1.82, 2.24) is 5.43 Å². The number of anilines is 1. The third-order valence-electron chi connectivity index (χ3n) is 3.72. The molecule has 2 rings (SSSR count). The van der Waals surface area contributed by atoms with Crippen LogP contribution in [0.25, 0.3) is 0 Å². The number of methoxy groups -OCH3 is 1. The number of carbonyl (C=O) groups excluding carboxylic acids is 2. The van der Waals surface area contributed by atoms with Crippen molar-refractivity contribution in [1.29, 1.82) is 0 Å². The molecular weight excluding hydrogens is 504 g/mol. The molecule has 0 fully saturated rings. The molecule has 2 amide bonds. The highest BCUT2D eigenvalue weighted by atomic mass is 127. The Kier molecular flexibility index (Phi) is 9.03. The fourth-order valence-electron chi connectivity index (χ4n) is 2.38. The predicted octanol–water partition coefficient (Wildman–Crippen LogP) is 4.10. The molecule has 0 aliphatic carbocycles. The molecule has 0 saturated carbocycles. The van der Waals surface area contributed by atoms with Crippen molar-refractivity contribution in [3.05, 3.63) is 51.3 Å². The van der Waals surface area contributed by atoms with Crippen molar-refractivity contribution in [2.24, 2.45) is 5.10 Å². The lowest BCUT2D eigenvalue weighted by Crippen LogP contribution is -2.20. The summed E-state index contributed by atoms with van der Waals surface area (Å²) in [6.45, 7) is 3.86. The Morgan fingerprint density at radius 2 is 1.83 bits per heavy atom. The van der Waals surface area contributed by atoms with Crippen molar-refractivity contribution in [3.63, 3.8) is 0 Å². The number of benzene rings is 2. The second kappa shape index (κ2) is 11.5. The lowest BCUT2D eigenvalue weighted by atomic mass is 10.2. The van der Waals surface area contributed by atoms with E-state index < -0.39 is 5.91 Å². The second-order valence-electron chi connectivity index (χ2n) is 6.55. The monoisotopic (exact) mass is 527 g/mol. The Balaban J connectivity index is 1.85. The number of halogens is 2. The van der Waals surface area contributed by atoms with Gasteiger partial charge in [-0.05, 0) is 78.4 Å². The maximum atomic E-state index is 12.9. The minimum Gasteiger partial charge on any atom is -0.493 e. The molecule has 0 aliphatic heterocycles. The van der Waals surface area contributed by atoms with Gasteiger partial charge in [0.25, 0.3) is 0 Å². The summed E-state index contributed by atoms with van der Waals surface area (Å²) in [4.78, 5) is 23.8. The average Bonchev–Trinajstić information content (AvgIpc) is 2.69. The summed E-state index contributed by atoms with van der Waals surface area (Å²) >= 11 is 2.15. The highest BCUT2D eigenvalue weighted by molar-refractivity contribution is 14.1. The molecule has 0 heterocycles. The smallest absolute Gasteiger partial charge is 0.240 e. The van der Waals surface area contributed by atoms with Crippen molar-refractivity contribution < 1.29 is 23.5 Å². The Morgan fingerprint density at radius 3 is 2.47 bits per heavy atom. The first-order chi connectivity index (χ1) is 14.3. The fraction of sp³-hybridized carbons (Fsp3) is 0.286. The summed E-state index contributed by atoms with van der Waals surface area (Å²) in [6.07, 6.45) is 1.43. The summed E-state index contributed by atoms with van der Waals surface area (Å²) < 4.78 is 24.8. The van der Waals surface area contributed by atoms with Crippen LogP contribution in [0.2, 0.25) is 0 Å². The zero-order valence-corrected chi connectivity index (χ0v) is 19.0. The lowest BCUT2D eigenvalue weighted by Gasteiger charge is -2.15. The van der Waals surface area contributed by atoms with Gasteiger partial charge in [0, 0.05) is 18.5 Å². The molecule has 0 aromatic heterocycles. The van der Waals surface area contributed by atoms with E-state index in [2.05, 4.69) is 38.4 Å². The van der Waals surface area contributed by atoms with Crippen molar-refractivity contribution >= 4 is 46.3 Å². The van der Waals surface area contributed by atoms with Crippen LogP contribution in [0.5, 0.6) is 11.5 Å². The quantitative estimate of drug-likeness (QED) is 0.292. The molecule has 2 aromatic carbocycles. The first-order valence-corrected chi connectivity index (χ1v) is 10.3. The SMILES string of the molecule is COc1cc(C=NNC(=O)CCC(=O)Nc2ccc(F)cc2)cc(I)c1OC(C)C. The van der Waals surface area contributed by atoms with Crippen LogP contribution in [0, 0.1) is 9.39 Å². The molecule has 0 spiro atoms. The average molecular weight is 527 g/mol. The highest BCUT2D eigenvalue weighted by Crippen LogP contribution is 2.34. The van der Waals surface area contributed by atoms with E-state index in [4.69, 9.17) is 9.47 Å². The molecule has 2 N–H and O–H groups in total. The minimum atomic E-state index is -0.401. The van der Waals surface area contributed by atoms with Gasteiger partial charge < -0.3 is 14.8 Å². The van der Waals surface area contributed by atoms with Crippen LogP contribution in [0.4, 0.5) is 10.1 Å². The van der Waals surface area contributed by atoms with Gasteiger partial charge in [0.1, 0.15) is 5.82 Å². The molecule has 0 unspecified atom stereocenters. The first kappa shape index (κ1) is 23.6. The molecular formula is C21H23FIN3O4. The molecule has 0 atom stereocenters. The van der Waals surface area contributed by atoms with Gasteiger partial charge in [0.05, 0.1) is 23.0 Å². The van der Waals surface area contributed by atoms with Crippen LogP contribution in [0.3, 0.4) is 0 Å². The van der Waals surface area contributed by atoms with Crippen LogP contribution in [0.15, 0.2) is 41.5 Å². The zero-order valence-electron chi connectivity index (χ0n) is 16.9. The van der Waals surface area contributed by atoms with Gasteiger partial charge in [-0.1, -0.05) is 0 Å². The number of rotatable bonds is 9. The molecule has 2 aromatic rings. The number of nitrogens with zero attached hydrogens (tertiary/aromatic N) is 1. The molecule has 0 bridgehead atoms. The number of hydrogen-bond donors (Lipinski definition) is 2. The maximum absolute atomic E-state index is 12.9. The molecule has 160 valence electrons. The van der Waals surface area contributed by atoms with E-state index in [1.807, 2.05) is 19.9 Å². The van der Waals surface area contributed by atoms with E-state index in [-0.39, 0.29) is 30.7 Å². The summed E-state index contributed by atoms with van der Waals surface area (Å²) in [5.41, 5.74) is 3.58. The Hall–Kier alpha value is -2.69. The van der Waals surface area contributed by atoms with E-state index in [0.29, 0.717) is 17.2 Å². The van der Waals surface area contributed by atoms with Gasteiger partial charge in [-0.2, -0.15) is 5.10 Å². The van der Waals surface area contributed by atoms with Gasteiger partial charge in [-0.15, -0.1) is 0 Å². The largest absolute Gasteiger partial charge is 0.493 e. The fourth-order valence-corrected chi connectivity index (χ4v) is 3.14. The second-order valence-corrected chi connectivity index (χ2v) is 7.71. The number of nitrogens with one attached hydrogen (secondary N) is 2. The zero-order chi connectivity index (χ0) is 22.1. The number of amides is 2. The normalized spacial score (nSPS) is 10.9. The summed E-state index contributed by atoms with van der Waals surface area (Å²) in [6, 6.07) is 9.00. The minimum absolute atomic E-state index is 0.00600. The summed E-state index contributed by atoms with van der Waals surface area (Å²) in [5.74, 6) is 0.0876. The van der Waals surface area contributed by atoms with E-state index in [1.54, 1.807) is 13.2 Å². The number of carbonyl (C=O) groups is 2. The molecule has 30 heavy (non-hydrogen) atoms. The van der Waals surface area contributed by atoms with Gasteiger partial charge in [-0.3, -0.25) is 9.59 Å². The van der Waals surface area contributed by atoms with Gasteiger partial charge in [0.2, 0.25) is 11.8 Å². The Morgan fingerprint density at radius 1 is 1.17 bits per heavy atom. The van der Waals surface area contributed by atoms with Crippen molar-refractivity contribution in [2.75, 3.05) is 12.4 Å². The van der Waals surface area contributed by atoms with Crippen molar-refractivity contribution in [2.45, 2.75) is 32.8 Å². The van der Waals surface area contributed by atoms with E-state index in [0.717, 1.165) is 9.13 Å². The number of ether oxygens (including phenoxy) is 2. The van der Waals surface area contributed by atoms with Crippen LogP contribution in [-0.4, -0.2) is 31.2 Å². The van der Waals surface area contributed by atoms with E-state index >= 15 is 0 Å². The summed E-state index contributed by atoms with van der Waals surface area (Å²) in [5, 5.41) is 6.52. The summed E-state index contributed by atoms with van der Waals surface area (Å²) in [7, 11) is 1.55. The van der Waals surface area contributed by atoms with Gasteiger partial charge in [-0.25, -0.2) is 9.82 Å². The van der Waals surface area contributed by atoms with Crippen LogP contribution < -0.4 is 20.2 Å². The standard InChI is InChI=1S/C21H23FIN3O4/c1-13(2)30-21-17(23)10-14(11-18(21)29-3)12-24-26-20(28)9-8-19(27)25-16-6-4-15(22)5-7-16/h4-7,10-13H,8-9H2,1-3H3,(H,25,27)(H,26,28). The third kappa shape index (κ3) is 7.62. The molecule has 9 heteroatoms. The van der Waals surface area contributed by atoms with E-state index in [9.17, 15) is 14.0 Å². The van der Waals surface area contributed by atoms with Crippen LogP contribution in [-0.2, 0) is 9.59 Å². The van der Waals surface area contributed by atoms with E-state index in [1.165, 1.54) is 30.5 Å². The predicted molar refractivity (Wildman–Crippen MR) is 121 cm³/mol. The molecule has 7 nitrogen and oxygen atoms in total. The number of hydrazone groups is 1. The topological polar surface area (TPSA) is 89.0 Å². The first-order valence-electron chi connectivity index (χ1n) is 9.20.